The van der Waals surface area contributed by atoms with Crippen LogP contribution in [0.3, 0.4) is 0 Å². The fraction of sp³-hybridized carbons (Fsp3) is 0.450. The number of carbonyl (C=O) groups excluding carboxylic acids is 2. The summed E-state index contributed by atoms with van der Waals surface area (Å²) >= 11 is 1.47. The Morgan fingerprint density at radius 1 is 1.30 bits per heavy atom. The predicted octanol–water partition coefficient (Wildman–Crippen LogP) is 2.30. The summed E-state index contributed by atoms with van der Waals surface area (Å²) in [6.45, 7) is 1.37. The van der Waals surface area contributed by atoms with Gasteiger partial charge in [0.05, 0.1) is 5.69 Å². The number of piperidine rings is 1. The number of nitrogens with one attached hydrogen (secondary N) is 1. The molecule has 0 unspecified atom stereocenters. The van der Waals surface area contributed by atoms with E-state index in [1.807, 2.05) is 28.5 Å². The summed E-state index contributed by atoms with van der Waals surface area (Å²) in [5.41, 5.74) is 7.94. The molecule has 0 radical (unpaired) electrons. The zero-order valence-corrected chi connectivity index (χ0v) is 16.0. The van der Waals surface area contributed by atoms with E-state index in [9.17, 15) is 9.59 Å². The number of thiazole rings is 1. The summed E-state index contributed by atoms with van der Waals surface area (Å²) in [6.07, 6.45) is 3.32. The molecule has 6 nitrogen and oxygen atoms in total. The van der Waals surface area contributed by atoms with Crippen molar-refractivity contribution in [3.05, 3.63) is 47.0 Å². The number of nitrogens with two attached hydrogens (primary N) is 1. The van der Waals surface area contributed by atoms with Gasteiger partial charge in [0.1, 0.15) is 0 Å². The van der Waals surface area contributed by atoms with Gasteiger partial charge in [-0.15, -0.1) is 11.3 Å². The van der Waals surface area contributed by atoms with Crippen LogP contribution in [-0.4, -0.2) is 40.8 Å². The van der Waals surface area contributed by atoms with Crippen LogP contribution in [0.2, 0.25) is 0 Å². The first-order valence-electron chi connectivity index (χ1n) is 9.41. The lowest BCUT2D eigenvalue weighted by Gasteiger charge is -2.41. The molecule has 2 saturated heterocycles. The van der Waals surface area contributed by atoms with E-state index in [4.69, 9.17) is 5.73 Å². The number of likely N-dealkylation sites (tertiary alicyclic amines) is 1. The number of hydrogen-bond acceptors (Lipinski definition) is 5. The zero-order chi connectivity index (χ0) is 18.9. The Morgan fingerprint density at radius 2 is 2.04 bits per heavy atom. The van der Waals surface area contributed by atoms with Gasteiger partial charge >= 0.3 is 0 Å². The number of aromatic nitrogens is 1. The fourth-order valence-corrected chi connectivity index (χ4v) is 4.93. The lowest BCUT2D eigenvalue weighted by atomic mass is 9.70. The molecule has 0 aliphatic carbocycles. The number of anilines is 1. The molecule has 4 rings (SSSR count). The Labute approximate surface area is 162 Å². The molecule has 27 heavy (non-hydrogen) atoms. The molecule has 1 aromatic carbocycles. The number of nitrogens with zero attached hydrogens (tertiary/aromatic N) is 2. The Morgan fingerprint density at radius 3 is 2.63 bits per heavy atom. The van der Waals surface area contributed by atoms with Crippen LogP contribution in [-0.2, 0) is 15.0 Å². The maximum absolute atomic E-state index is 12.7. The number of rotatable bonds is 4. The number of nitrogen functional groups attached to an aromatic ring is 1. The summed E-state index contributed by atoms with van der Waals surface area (Å²) in [7, 11) is 0. The molecule has 0 bridgehead atoms. The van der Waals surface area contributed by atoms with Crippen LogP contribution in [0.1, 0.15) is 43.4 Å². The summed E-state index contributed by atoms with van der Waals surface area (Å²) in [6, 6.07) is 10.4. The minimum atomic E-state index is -0.201. The number of hydrogen-bond donors (Lipinski definition) is 2. The number of benzene rings is 1. The van der Waals surface area contributed by atoms with Gasteiger partial charge in [-0.2, -0.15) is 0 Å². The van der Waals surface area contributed by atoms with Crippen LogP contribution in [0.25, 0.3) is 0 Å². The van der Waals surface area contributed by atoms with Crippen molar-refractivity contribution in [1.82, 2.24) is 15.2 Å². The third-order valence-corrected chi connectivity index (χ3v) is 6.49. The SMILES string of the molecule is Nc1nc(C2(c3ccccc3)CCN(C(=O)C[C@H]3CCC(=O)N3)CC2)cs1. The third-order valence-electron chi connectivity index (χ3n) is 5.81. The molecule has 0 spiro atoms. The Balaban J connectivity index is 1.50. The highest BCUT2D eigenvalue weighted by Crippen LogP contribution is 2.42. The van der Waals surface area contributed by atoms with E-state index in [0.29, 0.717) is 31.1 Å². The van der Waals surface area contributed by atoms with Gasteiger partial charge in [0.2, 0.25) is 11.8 Å². The standard InChI is InChI=1S/C20H24N4O2S/c21-19-23-16(13-27-19)20(14-4-2-1-3-5-14)8-10-24(11-9-20)18(26)12-15-6-7-17(25)22-15/h1-5,13,15H,6-12H2,(H2,21,23)(H,22,25)/t15-/m1/s1. The van der Waals surface area contributed by atoms with Gasteiger partial charge in [0, 0.05) is 42.8 Å². The molecule has 1 aromatic heterocycles. The van der Waals surface area contributed by atoms with Crippen molar-refractivity contribution >= 4 is 28.3 Å². The quantitative estimate of drug-likeness (QED) is 0.847. The Hall–Kier alpha value is -2.41. The molecule has 2 aromatic rings. The molecular weight excluding hydrogens is 360 g/mol. The van der Waals surface area contributed by atoms with Crippen molar-refractivity contribution in [2.45, 2.75) is 43.6 Å². The average molecular weight is 385 g/mol. The molecular formula is C20H24N4O2S. The first kappa shape index (κ1) is 18.0. The summed E-state index contributed by atoms with van der Waals surface area (Å²) in [5.74, 6) is 0.178. The highest BCUT2D eigenvalue weighted by molar-refractivity contribution is 7.13. The fourth-order valence-electron chi connectivity index (χ4n) is 4.27. The first-order valence-corrected chi connectivity index (χ1v) is 10.3. The van der Waals surface area contributed by atoms with E-state index in [1.54, 1.807) is 0 Å². The van der Waals surface area contributed by atoms with Gasteiger partial charge in [-0.3, -0.25) is 9.59 Å². The average Bonchev–Trinajstić information content (AvgIpc) is 3.31. The maximum atomic E-state index is 12.7. The van der Waals surface area contributed by atoms with E-state index in [-0.39, 0.29) is 23.3 Å². The van der Waals surface area contributed by atoms with Crippen molar-refractivity contribution in [2.24, 2.45) is 0 Å². The van der Waals surface area contributed by atoms with Crippen molar-refractivity contribution in [1.29, 1.82) is 0 Å². The molecule has 142 valence electrons. The smallest absolute Gasteiger partial charge is 0.224 e. The van der Waals surface area contributed by atoms with Crippen molar-refractivity contribution in [3.8, 4) is 0 Å². The van der Waals surface area contributed by atoms with Crippen LogP contribution >= 0.6 is 11.3 Å². The Bertz CT molecular complexity index is 828. The van der Waals surface area contributed by atoms with Crippen LogP contribution in [0.15, 0.2) is 35.7 Å². The second-order valence-electron chi connectivity index (χ2n) is 7.41. The summed E-state index contributed by atoms with van der Waals surface area (Å²) in [5, 5.41) is 5.51. The second-order valence-corrected chi connectivity index (χ2v) is 8.30. The van der Waals surface area contributed by atoms with Gasteiger partial charge in [-0.1, -0.05) is 30.3 Å². The molecule has 3 heterocycles. The lowest BCUT2D eigenvalue weighted by molar-refractivity contribution is -0.133. The van der Waals surface area contributed by atoms with Gasteiger partial charge in [0.15, 0.2) is 5.13 Å². The predicted molar refractivity (Wildman–Crippen MR) is 105 cm³/mol. The molecule has 7 heteroatoms. The van der Waals surface area contributed by atoms with Gasteiger partial charge in [-0.25, -0.2) is 4.98 Å². The highest BCUT2D eigenvalue weighted by atomic mass is 32.1. The molecule has 2 fully saturated rings. The van der Waals surface area contributed by atoms with E-state index < -0.39 is 0 Å². The molecule has 1 atom stereocenters. The highest BCUT2D eigenvalue weighted by Gasteiger charge is 2.41. The second kappa shape index (κ2) is 7.31. The zero-order valence-electron chi connectivity index (χ0n) is 15.2. The van der Waals surface area contributed by atoms with E-state index in [0.717, 1.165) is 25.0 Å². The monoisotopic (exact) mass is 384 g/mol. The van der Waals surface area contributed by atoms with E-state index in [2.05, 4.69) is 22.4 Å². The van der Waals surface area contributed by atoms with Crippen LogP contribution in [0.4, 0.5) is 5.13 Å². The topological polar surface area (TPSA) is 88.3 Å². The molecule has 2 amide bonds. The van der Waals surface area contributed by atoms with Gasteiger partial charge < -0.3 is 16.0 Å². The van der Waals surface area contributed by atoms with Crippen LogP contribution in [0.5, 0.6) is 0 Å². The van der Waals surface area contributed by atoms with Gasteiger partial charge in [-0.05, 0) is 24.8 Å². The maximum Gasteiger partial charge on any atom is 0.224 e. The van der Waals surface area contributed by atoms with Crippen molar-refractivity contribution in [2.75, 3.05) is 18.8 Å². The van der Waals surface area contributed by atoms with Crippen molar-refractivity contribution in [3.63, 3.8) is 0 Å². The molecule has 2 aliphatic rings. The van der Waals surface area contributed by atoms with Crippen molar-refractivity contribution < 1.29 is 9.59 Å². The molecule has 0 saturated carbocycles. The minimum Gasteiger partial charge on any atom is -0.375 e. The van der Waals surface area contributed by atoms with Crippen LogP contribution < -0.4 is 11.1 Å². The summed E-state index contributed by atoms with van der Waals surface area (Å²) in [4.78, 5) is 30.6. The molecule has 2 aliphatic heterocycles. The van der Waals surface area contributed by atoms with E-state index in [1.165, 1.54) is 16.9 Å². The van der Waals surface area contributed by atoms with E-state index >= 15 is 0 Å². The number of carbonyl (C=O) groups is 2. The van der Waals surface area contributed by atoms with Gasteiger partial charge in [0.25, 0.3) is 0 Å². The summed E-state index contributed by atoms with van der Waals surface area (Å²) < 4.78 is 0. The molecule has 3 N–H and O–H groups in total. The number of amides is 2. The Kier molecular flexibility index (Phi) is 4.86. The third kappa shape index (κ3) is 3.56. The lowest BCUT2D eigenvalue weighted by Crippen LogP contribution is -2.47. The minimum absolute atomic E-state index is 0.0101. The van der Waals surface area contributed by atoms with Crippen LogP contribution in [0, 0.1) is 0 Å². The largest absolute Gasteiger partial charge is 0.375 e. The first-order chi connectivity index (χ1) is 13.1. The normalized spacial score (nSPS) is 21.9.